The van der Waals surface area contributed by atoms with Crippen LogP contribution in [0, 0.1) is 23.2 Å². The Kier molecular flexibility index (Phi) is 8.60. The van der Waals surface area contributed by atoms with E-state index in [0.717, 1.165) is 6.42 Å². The zero-order valence-electron chi connectivity index (χ0n) is 14.7. The predicted molar refractivity (Wildman–Crippen MR) is 83.8 cm³/mol. The summed E-state index contributed by atoms with van der Waals surface area (Å²) in [5.41, 5.74) is 0.275. The zero-order valence-corrected chi connectivity index (χ0v) is 14.7. The van der Waals surface area contributed by atoms with Crippen LogP contribution in [-0.4, -0.2) is 26.2 Å². The van der Waals surface area contributed by atoms with Gasteiger partial charge < -0.3 is 9.47 Å². The van der Waals surface area contributed by atoms with E-state index in [9.17, 15) is 9.59 Å². The quantitative estimate of drug-likeness (QED) is 0.572. The van der Waals surface area contributed by atoms with Gasteiger partial charge in [-0.3, -0.25) is 9.59 Å². The molecule has 2 unspecified atom stereocenters. The first-order valence-corrected chi connectivity index (χ1v) is 8.00. The van der Waals surface area contributed by atoms with Gasteiger partial charge in [0.25, 0.3) is 0 Å². The van der Waals surface area contributed by atoms with Crippen molar-refractivity contribution in [2.75, 3.05) is 14.2 Å². The molecule has 1 aliphatic carbocycles. The monoisotopic (exact) mass is 300 g/mol. The third-order valence-electron chi connectivity index (χ3n) is 5.05. The average molecular weight is 300 g/mol. The van der Waals surface area contributed by atoms with Crippen LogP contribution in [0.3, 0.4) is 0 Å². The van der Waals surface area contributed by atoms with E-state index in [-0.39, 0.29) is 5.41 Å². The zero-order chi connectivity index (χ0) is 16.6. The van der Waals surface area contributed by atoms with Gasteiger partial charge in [-0.25, -0.2) is 0 Å². The molecule has 0 heterocycles. The molecule has 1 fully saturated rings. The van der Waals surface area contributed by atoms with Gasteiger partial charge in [-0.05, 0) is 42.9 Å². The molecule has 1 aliphatic rings. The van der Waals surface area contributed by atoms with Crippen molar-refractivity contribution in [3.05, 3.63) is 0 Å². The molecule has 1 rings (SSSR count). The highest BCUT2D eigenvalue weighted by atomic mass is 16.5. The predicted octanol–water partition coefficient (Wildman–Crippen LogP) is 3.83. The van der Waals surface area contributed by atoms with Crippen molar-refractivity contribution >= 4 is 11.9 Å². The minimum Gasteiger partial charge on any atom is -0.468 e. The summed E-state index contributed by atoms with van der Waals surface area (Å²) in [6.07, 6.45) is 3.77. The summed E-state index contributed by atoms with van der Waals surface area (Å²) < 4.78 is 9.37. The van der Waals surface area contributed by atoms with Crippen LogP contribution >= 0.6 is 0 Å². The minimum absolute atomic E-state index is 0.275. The SMILES string of the molecule is CC.COC(=O)C(CCC1CCC(C)C1(C)C)C(=O)OC. The first-order chi connectivity index (χ1) is 9.84. The number of esters is 2. The van der Waals surface area contributed by atoms with E-state index in [2.05, 4.69) is 30.2 Å². The maximum absolute atomic E-state index is 11.6. The Morgan fingerprint density at radius 1 is 1.10 bits per heavy atom. The molecule has 4 heteroatoms. The van der Waals surface area contributed by atoms with Gasteiger partial charge in [0.15, 0.2) is 5.92 Å². The molecule has 0 radical (unpaired) electrons. The van der Waals surface area contributed by atoms with Crippen molar-refractivity contribution in [3.63, 3.8) is 0 Å². The molecule has 2 atom stereocenters. The largest absolute Gasteiger partial charge is 0.468 e. The lowest BCUT2D eigenvalue weighted by molar-refractivity contribution is -0.159. The lowest BCUT2D eigenvalue weighted by Crippen LogP contribution is -2.29. The molecule has 0 saturated heterocycles. The Morgan fingerprint density at radius 3 is 1.90 bits per heavy atom. The molecule has 0 amide bonds. The molecule has 0 aromatic rings. The van der Waals surface area contributed by atoms with Crippen molar-refractivity contribution in [1.82, 2.24) is 0 Å². The van der Waals surface area contributed by atoms with E-state index >= 15 is 0 Å². The normalized spacial score (nSPS) is 23.2. The van der Waals surface area contributed by atoms with Crippen molar-refractivity contribution < 1.29 is 19.1 Å². The smallest absolute Gasteiger partial charge is 0.320 e. The van der Waals surface area contributed by atoms with Gasteiger partial charge >= 0.3 is 11.9 Å². The van der Waals surface area contributed by atoms with E-state index in [1.165, 1.54) is 27.1 Å². The standard InChI is InChI=1S/C15H26O4.C2H6/c1-10-6-7-11(15(10,2)3)8-9-12(13(16)18-4)14(17)19-5;1-2/h10-12H,6-9H2,1-5H3;1-2H3. The van der Waals surface area contributed by atoms with Gasteiger partial charge in [0, 0.05) is 0 Å². The highest BCUT2D eigenvalue weighted by Gasteiger charge is 2.41. The number of rotatable bonds is 5. The first kappa shape index (κ1) is 19.9. The summed E-state index contributed by atoms with van der Waals surface area (Å²) in [6.45, 7) is 10.8. The van der Waals surface area contributed by atoms with Gasteiger partial charge in [0.1, 0.15) is 0 Å². The molecule has 0 aromatic carbocycles. The molecular weight excluding hydrogens is 268 g/mol. The van der Waals surface area contributed by atoms with Crippen LogP contribution in [0.2, 0.25) is 0 Å². The molecule has 0 spiro atoms. The number of carbonyl (C=O) groups is 2. The van der Waals surface area contributed by atoms with Crippen molar-refractivity contribution in [3.8, 4) is 0 Å². The van der Waals surface area contributed by atoms with E-state index in [4.69, 9.17) is 0 Å². The van der Waals surface area contributed by atoms with E-state index < -0.39 is 17.9 Å². The lowest BCUT2D eigenvalue weighted by atomic mass is 9.74. The summed E-state index contributed by atoms with van der Waals surface area (Å²) in [5, 5.41) is 0. The Hall–Kier alpha value is -1.06. The first-order valence-electron chi connectivity index (χ1n) is 8.00. The average Bonchev–Trinajstić information content (AvgIpc) is 2.75. The number of hydrogen-bond donors (Lipinski definition) is 0. The van der Waals surface area contributed by atoms with Crippen molar-refractivity contribution in [2.45, 2.75) is 60.3 Å². The van der Waals surface area contributed by atoms with Crippen LogP contribution in [0.1, 0.15) is 60.3 Å². The second-order valence-electron chi connectivity index (χ2n) is 6.17. The van der Waals surface area contributed by atoms with Crippen LogP contribution in [0.15, 0.2) is 0 Å². The van der Waals surface area contributed by atoms with Crippen LogP contribution in [-0.2, 0) is 19.1 Å². The van der Waals surface area contributed by atoms with Gasteiger partial charge in [-0.1, -0.05) is 34.6 Å². The second-order valence-corrected chi connectivity index (χ2v) is 6.17. The van der Waals surface area contributed by atoms with Gasteiger partial charge in [0.2, 0.25) is 0 Å². The highest BCUT2D eigenvalue weighted by Crippen LogP contribution is 2.49. The topological polar surface area (TPSA) is 52.6 Å². The number of hydrogen-bond acceptors (Lipinski definition) is 4. The molecule has 4 nitrogen and oxygen atoms in total. The Labute approximate surface area is 129 Å². The maximum Gasteiger partial charge on any atom is 0.320 e. The van der Waals surface area contributed by atoms with Gasteiger partial charge in [0.05, 0.1) is 14.2 Å². The van der Waals surface area contributed by atoms with Crippen LogP contribution < -0.4 is 0 Å². The molecular formula is C17H32O4. The summed E-state index contributed by atoms with van der Waals surface area (Å²) >= 11 is 0. The fraction of sp³-hybridized carbons (Fsp3) is 0.882. The summed E-state index contributed by atoms with van der Waals surface area (Å²) in [4.78, 5) is 23.2. The van der Waals surface area contributed by atoms with Crippen LogP contribution in [0.25, 0.3) is 0 Å². The van der Waals surface area contributed by atoms with Gasteiger partial charge in [-0.2, -0.15) is 0 Å². The van der Waals surface area contributed by atoms with Crippen LogP contribution in [0.5, 0.6) is 0 Å². The fourth-order valence-electron chi connectivity index (χ4n) is 3.10. The molecule has 124 valence electrons. The molecule has 0 aromatic heterocycles. The molecule has 21 heavy (non-hydrogen) atoms. The number of carbonyl (C=O) groups excluding carboxylic acids is 2. The van der Waals surface area contributed by atoms with E-state index in [0.29, 0.717) is 18.3 Å². The third-order valence-corrected chi connectivity index (χ3v) is 5.05. The molecule has 0 bridgehead atoms. The minimum atomic E-state index is -0.776. The summed E-state index contributed by atoms with van der Waals surface area (Å²) in [5.74, 6) is -0.514. The number of ether oxygens (including phenoxy) is 2. The van der Waals surface area contributed by atoms with Gasteiger partial charge in [-0.15, -0.1) is 0 Å². The molecule has 0 aliphatic heterocycles. The van der Waals surface area contributed by atoms with Crippen LogP contribution in [0.4, 0.5) is 0 Å². The second kappa shape index (κ2) is 9.06. The maximum atomic E-state index is 11.6. The fourth-order valence-corrected chi connectivity index (χ4v) is 3.10. The van der Waals surface area contributed by atoms with E-state index in [1.807, 2.05) is 13.8 Å². The van der Waals surface area contributed by atoms with Crippen molar-refractivity contribution in [2.24, 2.45) is 23.2 Å². The molecule has 1 saturated carbocycles. The lowest BCUT2D eigenvalue weighted by Gasteiger charge is -2.31. The summed E-state index contributed by atoms with van der Waals surface area (Å²) in [6, 6.07) is 0. The van der Waals surface area contributed by atoms with Crippen molar-refractivity contribution in [1.29, 1.82) is 0 Å². The number of methoxy groups -OCH3 is 2. The Bertz CT molecular complexity index is 320. The Morgan fingerprint density at radius 2 is 1.57 bits per heavy atom. The Balaban J connectivity index is 0.00000191. The summed E-state index contributed by atoms with van der Waals surface area (Å²) in [7, 11) is 2.61. The van der Waals surface area contributed by atoms with E-state index in [1.54, 1.807) is 0 Å². The highest BCUT2D eigenvalue weighted by molar-refractivity contribution is 5.94. The third kappa shape index (κ3) is 5.01. The molecule has 0 N–H and O–H groups in total.